The Labute approximate surface area is 146 Å². The second kappa shape index (κ2) is 8.67. The van der Waals surface area contributed by atoms with Gasteiger partial charge in [-0.2, -0.15) is 13.2 Å². The van der Waals surface area contributed by atoms with E-state index in [0.29, 0.717) is 17.3 Å². The molecule has 0 spiro atoms. The third-order valence-electron chi connectivity index (χ3n) is 4.26. The van der Waals surface area contributed by atoms with Crippen LogP contribution in [0.25, 0.3) is 0 Å². The van der Waals surface area contributed by atoms with Crippen molar-refractivity contribution in [1.29, 1.82) is 0 Å². The summed E-state index contributed by atoms with van der Waals surface area (Å²) in [6, 6.07) is 5.03. The Morgan fingerprint density at radius 3 is 2.67 bits per heavy atom. The minimum atomic E-state index is -4.35. The van der Waals surface area contributed by atoms with Gasteiger partial charge in [0, 0.05) is 12.2 Å². The van der Waals surface area contributed by atoms with Gasteiger partial charge in [-0.3, -0.25) is 0 Å². The molecule has 7 heteroatoms. The summed E-state index contributed by atoms with van der Waals surface area (Å²) in [4.78, 5) is 2.45. The molecule has 0 aromatic heterocycles. The summed E-state index contributed by atoms with van der Waals surface area (Å²) in [7, 11) is 0. The maximum atomic E-state index is 12.7. The molecule has 0 amide bonds. The highest BCUT2D eigenvalue weighted by atomic mass is 32.1. The number of thiocarbonyl (C=S) groups is 1. The van der Waals surface area contributed by atoms with E-state index >= 15 is 0 Å². The number of nitrogens with zero attached hydrogens (tertiary/aromatic N) is 1. The monoisotopic (exact) mass is 359 g/mol. The van der Waals surface area contributed by atoms with Crippen LogP contribution in [0.5, 0.6) is 0 Å². The van der Waals surface area contributed by atoms with E-state index in [0.717, 1.165) is 44.1 Å². The van der Waals surface area contributed by atoms with E-state index in [-0.39, 0.29) is 0 Å². The average Bonchev–Trinajstić information content (AvgIpc) is 2.53. The molecule has 1 saturated heterocycles. The second-order valence-corrected chi connectivity index (χ2v) is 6.75. The lowest BCUT2D eigenvalue weighted by atomic mass is 9.99. The van der Waals surface area contributed by atoms with Gasteiger partial charge in [0.25, 0.3) is 0 Å². The molecule has 0 radical (unpaired) electrons. The molecule has 1 aliphatic heterocycles. The second-order valence-electron chi connectivity index (χ2n) is 6.34. The van der Waals surface area contributed by atoms with Crippen molar-refractivity contribution in [2.24, 2.45) is 5.92 Å². The molecule has 1 heterocycles. The molecule has 0 saturated carbocycles. The van der Waals surface area contributed by atoms with Crippen molar-refractivity contribution in [2.75, 3.05) is 31.5 Å². The van der Waals surface area contributed by atoms with E-state index in [1.165, 1.54) is 18.9 Å². The van der Waals surface area contributed by atoms with Gasteiger partial charge in [-0.15, -0.1) is 0 Å². The Balaban J connectivity index is 1.68. The van der Waals surface area contributed by atoms with Gasteiger partial charge in [-0.1, -0.05) is 13.0 Å². The number of hydrogen-bond donors (Lipinski definition) is 2. The smallest absolute Gasteiger partial charge is 0.362 e. The number of likely N-dealkylation sites (tertiary alicyclic amines) is 1. The SMILES string of the molecule is CC1CCN(CCCNC(=S)Nc2cccc(C(F)(F)F)c2)CC1. The molecular weight excluding hydrogens is 335 g/mol. The largest absolute Gasteiger partial charge is 0.416 e. The predicted octanol–water partition coefficient (Wildman–Crippen LogP) is 4.11. The fourth-order valence-corrected chi connectivity index (χ4v) is 2.96. The zero-order valence-electron chi connectivity index (χ0n) is 13.8. The lowest BCUT2D eigenvalue weighted by molar-refractivity contribution is -0.137. The van der Waals surface area contributed by atoms with Gasteiger partial charge in [-0.25, -0.2) is 0 Å². The summed E-state index contributed by atoms with van der Waals surface area (Å²) < 4.78 is 38.0. The Bertz CT molecular complexity index is 540. The Hall–Kier alpha value is -1.34. The molecule has 134 valence electrons. The fraction of sp³-hybridized carbons (Fsp3) is 0.588. The average molecular weight is 359 g/mol. The number of alkyl halides is 3. The van der Waals surface area contributed by atoms with Crippen molar-refractivity contribution in [2.45, 2.75) is 32.4 Å². The van der Waals surface area contributed by atoms with E-state index in [1.807, 2.05) is 0 Å². The highest BCUT2D eigenvalue weighted by Gasteiger charge is 2.30. The molecule has 1 fully saturated rings. The lowest BCUT2D eigenvalue weighted by Gasteiger charge is -2.30. The number of hydrogen-bond acceptors (Lipinski definition) is 2. The summed E-state index contributed by atoms with van der Waals surface area (Å²) in [5.74, 6) is 0.823. The van der Waals surface area contributed by atoms with Gasteiger partial charge >= 0.3 is 6.18 Å². The first kappa shape index (κ1) is 19.0. The molecule has 0 bridgehead atoms. The van der Waals surface area contributed by atoms with Gasteiger partial charge in [0.1, 0.15) is 0 Å². The van der Waals surface area contributed by atoms with Crippen molar-refractivity contribution in [3.8, 4) is 0 Å². The van der Waals surface area contributed by atoms with Crippen LogP contribution in [0.4, 0.5) is 18.9 Å². The van der Waals surface area contributed by atoms with Crippen molar-refractivity contribution in [3.63, 3.8) is 0 Å². The standard InChI is InChI=1S/C17H24F3N3S/c1-13-6-10-23(11-7-13)9-3-8-21-16(24)22-15-5-2-4-14(12-15)17(18,19)20/h2,4-5,12-13H,3,6-11H2,1H3,(H2,21,22,24). The summed E-state index contributed by atoms with van der Waals surface area (Å²) in [5.41, 5.74) is -0.345. The minimum absolute atomic E-state index is 0.340. The highest BCUT2D eigenvalue weighted by molar-refractivity contribution is 7.80. The van der Waals surface area contributed by atoms with Crippen LogP contribution in [-0.4, -0.2) is 36.2 Å². The molecular formula is C17H24F3N3S. The van der Waals surface area contributed by atoms with Crippen LogP contribution in [-0.2, 0) is 6.18 Å². The first-order chi connectivity index (χ1) is 11.3. The van der Waals surface area contributed by atoms with E-state index in [2.05, 4.69) is 22.5 Å². The van der Waals surface area contributed by atoms with Crippen molar-refractivity contribution in [1.82, 2.24) is 10.2 Å². The molecule has 2 rings (SSSR count). The van der Waals surface area contributed by atoms with Crippen LogP contribution in [0, 0.1) is 5.92 Å². The number of halogens is 3. The van der Waals surface area contributed by atoms with E-state index in [4.69, 9.17) is 12.2 Å². The van der Waals surface area contributed by atoms with Gasteiger partial charge < -0.3 is 15.5 Å². The molecule has 0 aliphatic carbocycles. The molecule has 0 atom stereocenters. The zero-order valence-corrected chi connectivity index (χ0v) is 14.6. The van der Waals surface area contributed by atoms with Crippen LogP contribution >= 0.6 is 12.2 Å². The fourth-order valence-electron chi connectivity index (χ4n) is 2.74. The maximum Gasteiger partial charge on any atom is 0.416 e. The van der Waals surface area contributed by atoms with Gasteiger partial charge in [0.15, 0.2) is 5.11 Å². The number of piperidine rings is 1. The maximum absolute atomic E-state index is 12.7. The minimum Gasteiger partial charge on any atom is -0.362 e. The van der Waals surface area contributed by atoms with Crippen molar-refractivity contribution < 1.29 is 13.2 Å². The number of nitrogens with one attached hydrogen (secondary N) is 2. The van der Waals surface area contributed by atoms with Crippen molar-refractivity contribution >= 4 is 23.0 Å². The first-order valence-corrected chi connectivity index (χ1v) is 8.70. The molecule has 1 aliphatic rings. The van der Waals surface area contributed by atoms with Gasteiger partial charge in [0.05, 0.1) is 5.56 Å². The van der Waals surface area contributed by atoms with Crippen LogP contribution in [0.1, 0.15) is 31.7 Å². The highest BCUT2D eigenvalue weighted by Crippen LogP contribution is 2.30. The number of anilines is 1. The molecule has 1 aromatic carbocycles. The quantitative estimate of drug-likeness (QED) is 0.611. The Morgan fingerprint density at radius 2 is 2.00 bits per heavy atom. The lowest BCUT2D eigenvalue weighted by Crippen LogP contribution is -2.36. The number of rotatable bonds is 5. The van der Waals surface area contributed by atoms with E-state index < -0.39 is 11.7 Å². The Morgan fingerprint density at radius 1 is 1.29 bits per heavy atom. The Kier molecular flexibility index (Phi) is 6.86. The topological polar surface area (TPSA) is 27.3 Å². The normalized spacial score (nSPS) is 16.8. The summed E-state index contributed by atoms with van der Waals surface area (Å²) in [6.07, 6.45) is -0.886. The van der Waals surface area contributed by atoms with Gasteiger partial charge in [-0.05, 0) is 75.2 Å². The summed E-state index contributed by atoms with van der Waals surface area (Å²) in [6.45, 7) is 6.31. The molecule has 3 nitrogen and oxygen atoms in total. The van der Waals surface area contributed by atoms with Crippen LogP contribution in [0.3, 0.4) is 0 Å². The molecule has 1 aromatic rings. The number of benzene rings is 1. The van der Waals surface area contributed by atoms with E-state index in [9.17, 15) is 13.2 Å². The van der Waals surface area contributed by atoms with Crippen LogP contribution in [0.15, 0.2) is 24.3 Å². The molecule has 24 heavy (non-hydrogen) atoms. The van der Waals surface area contributed by atoms with Gasteiger partial charge in [0.2, 0.25) is 0 Å². The molecule has 0 unspecified atom stereocenters. The summed E-state index contributed by atoms with van der Waals surface area (Å²) >= 11 is 5.14. The first-order valence-electron chi connectivity index (χ1n) is 8.29. The zero-order chi connectivity index (χ0) is 17.6. The molecule has 2 N–H and O–H groups in total. The predicted molar refractivity (Wildman–Crippen MR) is 95.1 cm³/mol. The third-order valence-corrected chi connectivity index (χ3v) is 4.51. The van der Waals surface area contributed by atoms with Crippen LogP contribution < -0.4 is 10.6 Å². The van der Waals surface area contributed by atoms with Crippen molar-refractivity contribution in [3.05, 3.63) is 29.8 Å². The van der Waals surface area contributed by atoms with Crippen LogP contribution in [0.2, 0.25) is 0 Å². The summed E-state index contributed by atoms with van der Waals surface area (Å²) in [5, 5.41) is 6.20. The van der Waals surface area contributed by atoms with E-state index in [1.54, 1.807) is 6.07 Å². The third kappa shape index (κ3) is 6.28.